The second-order valence-corrected chi connectivity index (χ2v) is 5.78. The molecule has 0 aliphatic carbocycles. The number of rotatable bonds is 5. The number of hydrogen-bond donors (Lipinski definition) is 3. The van der Waals surface area contributed by atoms with Crippen LogP contribution in [0.15, 0.2) is 64.1 Å². The van der Waals surface area contributed by atoms with Crippen LogP contribution in [-0.2, 0) is 0 Å². The fourth-order valence-electron chi connectivity index (χ4n) is 2.47. The van der Waals surface area contributed by atoms with Crippen molar-refractivity contribution in [3.63, 3.8) is 0 Å². The lowest BCUT2D eigenvalue weighted by molar-refractivity contribution is 0.0696. The topological polar surface area (TPSA) is 112 Å². The van der Waals surface area contributed by atoms with E-state index in [1.165, 1.54) is 36.5 Å². The molecule has 3 N–H and O–H groups in total. The van der Waals surface area contributed by atoms with Gasteiger partial charge in [0.1, 0.15) is 17.3 Å². The van der Waals surface area contributed by atoms with Crippen LogP contribution in [-0.4, -0.2) is 28.3 Å². The molecular formula is C20H16N2O5. The number of amides is 1. The molecule has 0 atom stereocenters. The Morgan fingerprint density at radius 1 is 1.04 bits per heavy atom. The van der Waals surface area contributed by atoms with Gasteiger partial charge in [0.2, 0.25) is 0 Å². The summed E-state index contributed by atoms with van der Waals surface area (Å²) in [5.41, 5.74) is 4.48. The molecule has 0 bridgehead atoms. The van der Waals surface area contributed by atoms with Gasteiger partial charge in [-0.05, 0) is 61.0 Å². The fourth-order valence-corrected chi connectivity index (χ4v) is 2.47. The zero-order valence-electron chi connectivity index (χ0n) is 14.3. The largest absolute Gasteiger partial charge is 0.508 e. The predicted octanol–water partition coefficient (Wildman–Crippen LogP) is 3.42. The molecule has 136 valence electrons. The number of phenols is 1. The smallest absolute Gasteiger partial charge is 0.335 e. The van der Waals surface area contributed by atoms with E-state index in [1.54, 1.807) is 31.2 Å². The summed E-state index contributed by atoms with van der Waals surface area (Å²) in [6, 6.07) is 14.0. The molecule has 7 nitrogen and oxygen atoms in total. The number of carbonyl (C=O) groups is 2. The number of hydrogen-bond acceptors (Lipinski definition) is 5. The Bertz CT molecular complexity index is 1020. The van der Waals surface area contributed by atoms with E-state index in [0.717, 1.165) is 11.1 Å². The van der Waals surface area contributed by atoms with Crippen molar-refractivity contribution < 1.29 is 24.2 Å². The SMILES string of the molecule is Cc1cc(C(=O)O)ccc1-c1ccc(/C=N\NC(=O)c2ccc(O)cc2)o1. The Morgan fingerprint density at radius 3 is 2.41 bits per heavy atom. The molecule has 0 unspecified atom stereocenters. The summed E-state index contributed by atoms with van der Waals surface area (Å²) < 4.78 is 5.67. The van der Waals surface area contributed by atoms with E-state index in [4.69, 9.17) is 9.52 Å². The molecule has 3 rings (SSSR count). The van der Waals surface area contributed by atoms with Crippen molar-refractivity contribution in [3.05, 3.63) is 77.0 Å². The first-order valence-corrected chi connectivity index (χ1v) is 8.00. The molecule has 0 radical (unpaired) electrons. The van der Waals surface area contributed by atoms with E-state index in [-0.39, 0.29) is 11.3 Å². The predicted molar refractivity (Wildman–Crippen MR) is 99.0 cm³/mol. The minimum atomic E-state index is -0.985. The van der Waals surface area contributed by atoms with Crippen molar-refractivity contribution in [1.29, 1.82) is 0 Å². The number of aromatic carboxylic acids is 1. The summed E-state index contributed by atoms with van der Waals surface area (Å²) >= 11 is 0. The number of aryl methyl sites for hydroxylation is 1. The Labute approximate surface area is 154 Å². The van der Waals surface area contributed by atoms with Crippen molar-refractivity contribution in [1.82, 2.24) is 5.43 Å². The average Bonchev–Trinajstić information content (AvgIpc) is 3.10. The van der Waals surface area contributed by atoms with Crippen molar-refractivity contribution in [3.8, 4) is 17.1 Å². The molecule has 27 heavy (non-hydrogen) atoms. The fraction of sp³-hybridized carbons (Fsp3) is 0.0500. The zero-order chi connectivity index (χ0) is 19.4. The number of carbonyl (C=O) groups excluding carboxylic acids is 1. The first-order chi connectivity index (χ1) is 12.9. The first kappa shape index (κ1) is 17.9. The van der Waals surface area contributed by atoms with E-state index in [0.29, 0.717) is 17.1 Å². The van der Waals surface area contributed by atoms with Gasteiger partial charge in [0.15, 0.2) is 0 Å². The van der Waals surface area contributed by atoms with Gasteiger partial charge in [-0.2, -0.15) is 5.10 Å². The number of carboxylic acid groups (broad SMARTS) is 1. The Kier molecular flexibility index (Phi) is 5.03. The van der Waals surface area contributed by atoms with Gasteiger partial charge in [0.25, 0.3) is 5.91 Å². The molecule has 0 spiro atoms. The van der Waals surface area contributed by atoms with Gasteiger partial charge in [-0.1, -0.05) is 6.07 Å². The second-order valence-electron chi connectivity index (χ2n) is 5.78. The van der Waals surface area contributed by atoms with Crippen molar-refractivity contribution >= 4 is 18.1 Å². The molecule has 1 amide bonds. The molecule has 2 aromatic carbocycles. The highest BCUT2D eigenvalue weighted by molar-refractivity contribution is 5.94. The van der Waals surface area contributed by atoms with Crippen molar-refractivity contribution in [2.24, 2.45) is 5.10 Å². The molecule has 3 aromatic rings. The van der Waals surface area contributed by atoms with E-state index in [9.17, 15) is 14.7 Å². The molecule has 0 saturated heterocycles. The summed E-state index contributed by atoms with van der Waals surface area (Å²) in [4.78, 5) is 22.9. The van der Waals surface area contributed by atoms with Gasteiger partial charge in [-0.25, -0.2) is 10.2 Å². The van der Waals surface area contributed by atoms with E-state index < -0.39 is 11.9 Å². The average molecular weight is 364 g/mol. The minimum absolute atomic E-state index is 0.0739. The second kappa shape index (κ2) is 7.57. The number of nitrogens with one attached hydrogen (secondary N) is 1. The van der Waals surface area contributed by atoms with E-state index >= 15 is 0 Å². The van der Waals surface area contributed by atoms with E-state index in [2.05, 4.69) is 10.5 Å². The molecule has 7 heteroatoms. The van der Waals surface area contributed by atoms with E-state index in [1.807, 2.05) is 0 Å². The normalized spacial score (nSPS) is 10.9. The Morgan fingerprint density at radius 2 is 1.74 bits per heavy atom. The number of phenolic OH excluding ortho intramolecular Hbond substituents is 1. The maximum absolute atomic E-state index is 11.9. The summed E-state index contributed by atoms with van der Waals surface area (Å²) in [5.74, 6) is -0.335. The summed E-state index contributed by atoms with van der Waals surface area (Å²) in [6.07, 6.45) is 1.36. The Balaban J connectivity index is 1.69. The highest BCUT2D eigenvalue weighted by Crippen LogP contribution is 2.26. The first-order valence-electron chi connectivity index (χ1n) is 8.00. The Hall–Kier alpha value is -3.87. The third kappa shape index (κ3) is 4.21. The summed E-state index contributed by atoms with van der Waals surface area (Å²) in [7, 11) is 0. The zero-order valence-corrected chi connectivity index (χ0v) is 14.3. The third-order valence-corrected chi connectivity index (χ3v) is 3.85. The molecular weight excluding hydrogens is 348 g/mol. The van der Waals surface area contributed by atoms with Crippen LogP contribution in [0, 0.1) is 6.92 Å². The molecule has 0 aliphatic heterocycles. The third-order valence-electron chi connectivity index (χ3n) is 3.85. The van der Waals surface area contributed by atoms with Crippen LogP contribution in [0.4, 0.5) is 0 Å². The van der Waals surface area contributed by atoms with Crippen LogP contribution in [0.25, 0.3) is 11.3 Å². The lowest BCUT2D eigenvalue weighted by Gasteiger charge is -2.03. The maximum atomic E-state index is 11.9. The lowest BCUT2D eigenvalue weighted by atomic mass is 10.0. The molecule has 1 heterocycles. The molecule has 1 aromatic heterocycles. The van der Waals surface area contributed by atoms with Gasteiger partial charge in [0.05, 0.1) is 11.8 Å². The number of carboxylic acids is 1. The highest BCUT2D eigenvalue weighted by atomic mass is 16.4. The maximum Gasteiger partial charge on any atom is 0.335 e. The van der Waals surface area contributed by atoms with Crippen LogP contribution in [0.3, 0.4) is 0 Å². The van der Waals surface area contributed by atoms with Gasteiger partial charge < -0.3 is 14.6 Å². The van der Waals surface area contributed by atoms with Crippen LogP contribution in [0.5, 0.6) is 5.75 Å². The van der Waals surface area contributed by atoms with Crippen molar-refractivity contribution in [2.45, 2.75) is 6.92 Å². The summed E-state index contributed by atoms with van der Waals surface area (Å²) in [6.45, 7) is 1.80. The number of hydrazone groups is 1. The number of nitrogens with zero attached hydrogens (tertiary/aromatic N) is 1. The quantitative estimate of drug-likeness (QED) is 0.474. The highest BCUT2D eigenvalue weighted by Gasteiger charge is 2.10. The van der Waals surface area contributed by atoms with Gasteiger partial charge in [-0.3, -0.25) is 4.79 Å². The van der Waals surface area contributed by atoms with Crippen LogP contribution in [0.2, 0.25) is 0 Å². The number of aromatic hydroxyl groups is 1. The number of benzene rings is 2. The van der Waals surface area contributed by atoms with Gasteiger partial charge in [-0.15, -0.1) is 0 Å². The minimum Gasteiger partial charge on any atom is -0.508 e. The van der Waals surface area contributed by atoms with Crippen molar-refractivity contribution in [2.75, 3.05) is 0 Å². The van der Waals surface area contributed by atoms with Gasteiger partial charge in [0, 0.05) is 11.1 Å². The van der Waals surface area contributed by atoms with Crippen LogP contribution < -0.4 is 5.43 Å². The standard InChI is InChI=1S/C20H16N2O5/c1-12-10-14(20(25)26)4-8-17(12)18-9-7-16(27-18)11-21-22-19(24)13-2-5-15(23)6-3-13/h2-11,23H,1H3,(H,22,24)(H,25,26)/b21-11-. The monoisotopic (exact) mass is 364 g/mol. The molecule has 0 fully saturated rings. The molecule has 0 aliphatic rings. The van der Waals surface area contributed by atoms with Crippen LogP contribution >= 0.6 is 0 Å². The number of furan rings is 1. The lowest BCUT2D eigenvalue weighted by Crippen LogP contribution is -2.17. The summed E-state index contributed by atoms with van der Waals surface area (Å²) in [5, 5.41) is 22.1. The molecule has 0 saturated carbocycles. The van der Waals surface area contributed by atoms with Gasteiger partial charge >= 0.3 is 5.97 Å². The van der Waals surface area contributed by atoms with Crippen LogP contribution in [0.1, 0.15) is 32.0 Å².